The number of hydrogen-bond donors (Lipinski definition) is 2. The Balaban J connectivity index is 2.05. The van der Waals surface area contributed by atoms with Crippen LogP contribution in [0.25, 0.3) is 0 Å². The van der Waals surface area contributed by atoms with Crippen molar-refractivity contribution in [1.29, 1.82) is 0 Å². The van der Waals surface area contributed by atoms with E-state index in [4.69, 9.17) is 4.74 Å². The Hall–Kier alpha value is -3.02. The fourth-order valence-corrected chi connectivity index (χ4v) is 2.42. The van der Waals surface area contributed by atoms with Crippen molar-refractivity contribution in [2.24, 2.45) is 5.10 Å². The van der Waals surface area contributed by atoms with Gasteiger partial charge in [0.2, 0.25) is 0 Å². The summed E-state index contributed by atoms with van der Waals surface area (Å²) in [5.41, 5.74) is 4.36. The molecule has 1 amide bonds. The minimum absolute atomic E-state index is 0.115. The van der Waals surface area contributed by atoms with Gasteiger partial charge in [-0.3, -0.25) is 4.79 Å². The molecule has 0 spiro atoms. The average molecular weight is 341 g/mol. The second-order valence-electron chi connectivity index (χ2n) is 5.35. The van der Waals surface area contributed by atoms with Crippen LogP contribution in [-0.4, -0.2) is 37.4 Å². The molecule has 0 heterocycles. The van der Waals surface area contributed by atoms with Crippen LogP contribution in [0.3, 0.4) is 0 Å². The summed E-state index contributed by atoms with van der Waals surface area (Å²) >= 11 is 0. The highest BCUT2D eigenvalue weighted by molar-refractivity contribution is 5.95. The highest BCUT2D eigenvalue weighted by Gasteiger charge is 2.07. The van der Waals surface area contributed by atoms with Crippen LogP contribution in [0.5, 0.6) is 11.5 Å². The number of phenolic OH excluding ortho intramolecular Hbond substituents is 1. The number of carbonyl (C=O) groups excluding carboxylic acids is 1. The monoisotopic (exact) mass is 341 g/mol. The molecule has 0 aromatic heterocycles. The molecule has 0 aliphatic rings. The second-order valence-corrected chi connectivity index (χ2v) is 5.35. The number of carbonyl (C=O) groups is 1. The number of nitrogens with zero attached hydrogens (tertiary/aromatic N) is 2. The first kappa shape index (κ1) is 18.3. The lowest BCUT2D eigenvalue weighted by Crippen LogP contribution is -2.21. The fourth-order valence-electron chi connectivity index (χ4n) is 2.42. The number of hydrogen-bond acceptors (Lipinski definition) is 5. The third-order valence-electron chi connectivity index (χ3n) is 3.84. The lowest BCUT2D eigenvalue weighted by molar-refractivity contribution is 0.0954. The van der Waals surface area contributed by atoms with Gasteiger partial charge in [0.1, 0.15) is 11.5 Å². The predicted molar refractivity (Wildman–Crippen MR) is 99.7 cm³/mol. The minimum atomic E-state index is -0.352. The Morgan fingerprint density at radius 1 is 1.24 bits per heavy atom. The Morgan fingerprint density at radius 2 is 2.00 bits per heavy atom. The number of phenols is 1. The summed E-state index contributed by atoms with van der Waals surface area (Å²) in [6, 6.07) is 12.2. The minimum Gasteiger partial charge on any atom is -0.507 e. The number of aromatic hydroxyl groups is 1. The number of benzene rings is 2. The van der Waals surface area contributed by atoms with Crippen molar-refractivity contribution in [1.82, 2.24) is 5.43 Å². The summed E-state index contributed by atoms with van der Waals surface area (Å²) in [5, 5.41) is 14.0. The molecule has 2 aromatic rings. The smallest absolute Gasteiger partial charge is 0.271 e. The molecule has 0 saturated heterocycles. The summed E-state index contributed by atoms with van der Waals surface area (Å²) in [4.78, 5) is 14.2. The number of rotatable bonds is 7. The van der Waals surface area contributed by atoms with E-state index in [0.29, 0.717) is 16.9 Å². The third-order valence-corrected chi connectivity index (χ3v) is 3.84. The first-order valence-corrected chi connectivity index (χ1v) is 8.14. The van der Waals surface area contributed by atoms with Gasteiger partial charge in [0.15, 0.2) is 0 Å². The van der Waals surface area contributed by atoms with Crippen LogP contribution in [0.15, 0.2) is 47.6 Å². The fraction of sp³-hybridized carbons (Fsp3) is 0.263. The second kappa shape index (κ2) is 8.73. The molecule has 0 aliphatic heterocycles. The van der Waals surface area contributed by atoms with E-state index in [-0.39, 0.29) is 11.7 Å². The molecule has 2 rings (SSSR count). The number of anilines is 1. The van der Waals surface area contributed by atoms with E-state index in [1.54, 1.807) is 43.5 Å². The van der Waals surface area contributed by atoms with Crippen LogP contribution in [0.1, 0.15) is 29.8 Å². The first-order valence-electron chi connectivity index (χ1n) is 8.14. The molecule has 132 valence electrons. The molecule has 0 radical (unpaired) electrons. The van der Waals surface area contributed by atoms with Crippen molar-refractivity contribution in [2.75, 3.05) is 25.1 Å². The zero-order chi connectivity index (χ0) is 18.2. The molecular weight excluding hydrogens is 318 g/mol. The number of ether oxygens (including phenoxy) is 1. The van der Waals surface area contributed by atoms with E-state index >= 15 is 0 Å². The number of methoxy groups -OCH3 is 1. The molecule has 0 atom stereocenters. The molecule has 6 heteroatoms. The first-order chi connectivity index (χ1) is 12.1. The van der Waals surface area contributed by atoms with Crippen molar-refractivity contribution in [2.45, 2.75) is 13.8 Å². The van der Waals surface area contributed by atoms with Gasteiger partial charge in [-0.2, -0.15) is 5.10 Å². The molecule has 2 aromatic carbocycles. The largest absolute Gasteiger partial charge is 0.507 e. The molecular formula is C19H23N3O3. The maximum atomic E-state index is 12.1. The Bertz CT molecular complexity index is 755. The molecule has 0 saturated carbocycles. The average Bonchev–Trinajstić information content (AvgIpc) is 2.64. The van der Waals surface area contributed by atoms with Gasteiger partial charge in [-0.1, -0.05) is 6.07 Å². The van der Waals surface area contributed by atoms with Gasteiger partial charge in [-0.05, 0) is 44.2 Å². The van der Waals surface area contributed by atoms with E-state index < -0.39 is 0 Å². The number of nitrogens with one attached hydrogen (secondary N) is 1. The van der Waals surface area contributed by atoms with Crippen LogP contribution >= 0.6 is 0 Å². The van der Waals surface area contributed by atoms with Crippen molar-refractivity contribution in [3.63, 3.8) is 0 Å². The van der Waals surface area contributed by atoms with Gasteiger partial charge in [-0.15, -0.1) is 0 Å². The molecule has 25 heavy (non-hydrogen) atoms. The van der Waals surface area contributed by atoms with Crippen molar-refractivity contribution in [3.8, 4) is 11.5 Å². The van der Waals surface area contributed by atoms with E-state index in [1.807, 2.05) is 6.07 Å². The van der Waals surface area contributed by atoms with Crippen molar-refractivity contribution in [3.05, 3.63) is 53.6 Å². The summed E-state index contributed by atoms with van der Waals surface area (Å²) in [6.45, 7) is 5.84. The van der Waals surface area contributed by atoms with Crippen LogP contribution in [0.2, 0.25) is 0 Å². The summed E-state index contributed by atoms with van der Waals surface area (Å²) < 4.78 is 5.09. The highest BCUT2D eigenvalue weighted by Crippen LogP contribution is 2.23. The summed E-state index contributed by atoms with van der Waals surface area (Å²) in [5.74, 6) is 0.361. The van der Waals surface area contributed by atoms with E-state index in [1.165, 1.54) is 6.21 Å². The lowest BCUT2D eigenvalue weighted by atomic mass is 10.2. The number of hydrazone groups is 1. The van der Waals surface area contributed by atoms with Crippen LogP contribution in [0, 0.1) is 0 Å². The molecule has 0 unspecified atom stereocenters. The normalized spacial score (nSPS) is 10.7. The quantitative estimate of drug-likeness (QED) is 0.600. The molecule has 6 nitrogen and oxygen atoms in total. The van der Waals surface area contributed by atoms with Gasteiger partial charge in [-0.25, -0.2) is 5.43 Å². The van der Waals surface area contributed by atoms with Gasteiger partial charge in [0.25, 0.3) is 5.91 Å². The highest BCUT2D eigenvalue weighted by atomic mass is 16.5. The van der Waals surface area contributed by atoms with Crippen LogP contribution < -0.4 is 15.1 Å². The van der Waals surface area contributed by atoms with Crippen LogP contribution in [0.4, 0.5) is 5.69 Å². The lowest BCUT2D eigenvalue weighted by Gasteiger charge is -2.21. The summed E-state index contributed by atoms with van der Waals surface area (Å²) in [7, 11) is 1.54. The predicted octanol–water partition coefficient (Wildman–Crippen LogP) is 3.01. The van der Waals surface area contributed by atoms with Crippen molar-refractivity contribution >= 4 is 17.8 Å². The molecule has 0 bridgehead atoms. The Labute approximate surface area is 147 Å². The molecule has 0 fully saturated rings. The SMILES string of the molecule is CCN(CC)c1ccc(C=NNC(=O)c2cccc(OC)c2)c(O)c1. The van der Waals surface area contributed by atoms with Crippen LogP contribution in [-0.2, 0) is 0 Å². The van der Waals surface area contributed by atoms with Crippen molar-refractivity contribution < 1.29 is 14.6 Å². The summed E-state index contributed by atoms with van der Waals surface area (Å²) in [6.07, 6.45) is 1.42. The maximum absolute atomic E-state index is 12.1. The van der Waals surface area contributed by atoms with E-state index in [2.05, 4.69) is 29.3 Å². The zero-order valence-electron chi connectivity index (χ0n) is 14.7. The third kappa shape index (κ3) is 4.73. The van der Waals surface area contributed by atoms with E-state index in [0.717, 1.165) is 18.8 Å². The molecule has 0 aliphatic carbocycles. The van der Waals surface area contributed by atoms with Gasteiger partial charge < -0.3 is 14.7 Å². The maximum Gasteiger partial charge on any atom is 0.271 e. The van der Waals surface area contributed by atoms with Gasteiger partial charge in [0, 0.05) is 36.0 Å². The Morgan fingerprint density at radius 3 is 2.64 bits per heavy atom. The Kier molecular flexibility index (Phi) is 6.39. The molecule has 2 N–H and O–H groups in total. The van der Waals surface area contributed by atoms with E-state index in [9.17, 15) is 9.90 Å². The topological polar surface area (TPSA) is 74.2 Å². The standard InChI is InChI=1S/C19H23N3O3/c1-4-22(5-2)16-10-9-15(18(23)12-16)13-20-21-19(24)14-7-6-8-17(11-14)25-3/h6-13,23H,4-5H2,1-3H3,(H,21,24). The van der Waals surface area contributed by atoms with Gasteiger partial charge in [0.05, 0.1) is 13.3 Å². The number of amides is 1. The zero-order valence-corrected chi connectivity index (χ0v) is 14.7. The van der Waals surface area contributed by atoms with Gasteiger partial charge >= 0.3 is 0 Å².